The second-order valence-electron chi connectivity index (χ2n) is 4.16. The lowest BCUT2D eigenvalue weighted by Crippen LogP contribution is -2.05. The van der Waals surface area contributed by atoms with Gasteiger partial charge >= 0.3 is 5.97 Å². The van der Waals surface area contributed by atoms with Gasteiger partial charge in [-0.3, -0.25) is 0 Å². The summed E-state index contributed by atoms with van der Waals surface area (Å²) < 4.78 is 18.0. The maximum absolute atomic E-state index is 13.3. The Morgan fingerprint density at radius 1 is 1.11 bits per heavy atom. The van der Waals surface area contributed by atoms with Gasteiger partial charge in [-0.2, -0.15) is 0 Å². The molecule has 19 heavy (non-hydrogen) atoms. The molecule has 3 nitrogen and oxygen atoms in total. The standard InChI is InChI=1S/C15H10FNO2/c1-19-15(18)14-12-5-3-2-4-10(12)11-7-6-9(16)8-13(11)17-14/h2-8H,1H3. The summed E-state index contributed by atoms with van der Waals surface area (Å²) in [6, 6.07) is 11.7. The van der Waals surface area contributed by atoms with Crippen LogP contribution < -0.4 is 0 Å². The fraction of sp³-hybridized carbons (Fsp3) is 0.0667. The van der Waals surface area contributed by atoms with Gasteiger partial charge in [-0.1, -0.05) is 24.3 Å². The summed E-state index contributed by atoms with van der Waals surface area (Å²) in [5.41, 5.74) is 0.648. The highest BCUT2D eigenvalue weighted by Gasteiger charge is 2.15. The molecule has 1 heterocycles. The van der Waals surface area contributed by atoms with E-state index in [1.165, 1.54) is 19.2 Å². The molecule has 94 valence electrons. The molecule has 3 aromatic rings. The molecule has 0 fully saturated rings. The van der Waals surface area contributed by atoms with Crippen molar-refractivity contribution in [3.8, 4) is 0 Å². The first kappa shape index (κ1) is 11.6. The Hall–Kier alpha value is -2.49. The number of pyridine rings is 1. The molecule has 0 spiro atoms. The Morgan fingerprint density at radius 2 is 1.84 bits per heavy atom. The van der Waals surface area contributed by atoms with E-state index in [9.17, 15) is 9.18 Å². The number of ether oxygens (including phenoxy) is 1. The maximum Gasteiger partial charge on any atom is 0.357 e. The predicted molar refractivity (Wildman–Crippen MR) is 70.5 cm³/mol. The van der Waals surface area contributed by atoms with Gasteiger partial charge in [-0.15, -0.1) is 0 Å². The molecule has 2 aromatic carbocycles. The SMILES string of the molecule is COC(=O)c1nc2cc(F)ccc2c2ccccc12. The summed E-state index contributed by atoms with van der Waals surface area (Å²) in [4.78, 5) is 16.0. The topological polar surface area (TPSA) is 39.2 Å². The van der Waals surface area contributed by atoms with Crippen molar-refractivity contribution in [3.05, 3.63) is 54.0 Å². The highest BCUT2D eigenvalue weighted by atomic mass is 19.1. The van der Waals surface area contributed by atoms with E-state index in [0.717, 1.165) is 10.8 Å². The Balaban J connectivity index is 2.49. The van der Waals surface area contributed by atoms with Crippen LogP contribution in [0.5, 0.6) is 0 Å². The van der Waals surface area contributed by atoms with Crippen LogP contribution in [0.2, 0.25) is 0 Å². The number of carbonyl (C=O) groups is 1. The molecule has 0 radical (unpaired) electrons. The summed E-state index contributed by atoms with van der Waals surface area (Å²) in [6.45, 7) is 0. The first-order valence-corrected chi connectivity index (χ1v) is 5.77. The van der Waals surface area contributed by atoms with Crippen LogP contribution >= 0.6 is 0 Å². The number of rotatable bonds is 1. The lowest BCUT2D eigenvalue weighted by molar-refractivity contribution is 0.0597. The molecule has 3 rings (SSSR count). The van der Waals surface area contributed by atoms with Gasteiger partial charge < -0.3 is 4.74 Å². The van der Waals surface area contributed by atoms with Gasteiger partial charge in [0.15, 0.2) is 5.69 Å². The predicted octanol–water partition coefficient (Wildman–Crippen LogP) is 3.31. The summed E-state index contributed by atoms with van der Waals surface area (Å²) in [7, 11) is 1.30. The fourth-order valence-corrected chi connectivity index (χ4v) is 2.18. The first-order valence-electron chi connectivity index (χ1n) is 5.77. The molecule has 0 aliphatic rings. The van der Waals surface area contributed by atoms with Gasteiger partial charge in [0.2, 0.25) is 0 Å². The zero-order chi connectivity index (χ0) is 13.4. The zero-order valence-electron chi connectivity index (χ0n) is 10.2. The molecule has 0 unspecified atom stereocenters. The molecular formula is C15H10FNO2. The third-order valence-electron chi connectivity index (χ3n) is 3.04. The van der Waals surface area contributed by atoms with Crippen LogP contribution in [0.1, 0.15) is 10.5 Å². The average molecular weight is 255 g/mol. The molecule has 0 aliphatic heterocycles. The minimum absolute atomic E-state index is 0.205. The molecule has 0 amide bonds. The van der Waals surface area contributed by atoms with Crippen LogP contribution in [-0.4, -0.2) is 18.1 Å². The van der Waals surface area contributed by atoms with E-state index in [0.29, 0.717) is 10.9 Å². The van der Waals surface area contributed by atoms with Crippen molar-refractivity contribution in [2.45, 2.75) is 0 Å². The van der Waals surface area contributed by atoms with Crippen molar-refractivity contribution in [3.63, 3.8) is 0 Å². The number of benzene rings is 2. The van der Waals surface area contributed by atoms with Crippen molar-refractivity contribution in [2.24, 2.45) is 0 Å². The molecular weight excluding hydrogens is 245 g/mol. The lowest BCUT2D eigenvalue weighted by atomic mass is 10.0. The molecule has 0 atom stereocenters. The second-order valence-corrected chi connectivity index (χ2v) is 4.16. The third-order valence-corrected chi connectivity index (χ3v) is 3.04. The van der Waals surface area contributed by atoms with Gasteiger partial charge in [0.05, 0.1) is 12.6 Å². The van der Waals surface area contributed by atoms with Gasteiger partial charge in [0, 0.05) is 16.8 Å². The van der Waals surface area contributed by atoms with E-state index in [4.69, 9.17) is 4.74 Å². The van der Waals surface area contributed by atoms with Crippen LogP contribution in [0.3, 0.4) is 0 Å². The number of aromatic nitrogens is 1. The number of esters is 1. The van der Waals surface area contributed by atoms with E-state index in [1.54, 1.807) is 12.1 Å². The van der Waals surface area contributed by atoms with Gasteiger partial charge in [-0.25, -0.2) is 14.2 Å². The minimum atomic E-state index is -0.526. The van der Waals surface area contributed by atoms with Crippen LogP contribution in [0, 0.1) is 5.82 Å². The smallest absolute Gasteiger partial charge is 0.357 e. The van der Waals surface area contributed by atoms with Crippen molar-refractivity contribution >= 4 is 27.6 Å². The number of hydrogen-bond acceptors (Lipinski definition) is 3. The summed E-state index contributed by atoms with van der Waals surface area (Å²) in [6.07, 6.45) is 0. The normalized spacial score (nSPS) is 10.8. The fourth-order valence-electron chi connectivity index (χ4n) is 2.18. The molecule has 0 bridgehead atoms. The van der Waals surface area contributed by atoms with Crippen LogP contribution in [0.4, 0.5) is 4.39 Å². The van der Waals surface area contributed by atoms with Crippen molar-refractivity contribution < 1.29 is 13.9 Å². The Morgan fingerprint density at radius 3 is 2.58 bits per heavy atom. The highest BCUT2D eigenvalue weighted by Crippen LogP contribution is 2.27. The largest absolute Gasteiger partial charge is 0.464 e. The monoisotopic (exact) mass is 255 g/mol. The number of nitrogens with zero attached hydrogens (tertiary/aromatic N) is 1. The van der Waals surface area contributed by atoms with Crippen LogP contribution in [-0.2, 0) is 4.74 Å². The van der Waals surface area contributed by atoms with E-state index in [2.05, 4.69) is 4.98 Å². The van der Waals surface area contributed by atoms with E-state index < -0.39 is 5.97 Å². The van der Waals surface area contributed by atoms with E-state index in [1.807, 2.05) is 18.2 Å². The van der Waals surface area contributed by atoms with E-state index in [-0.39, 0.29) is 11.5 Å². The quantitative estimate of drug-likeness (QED) is 0.494. The van der Waals surface area contributed by atoms with Crippen molar-refractivity contribution in [1.29, 1.82) is 0 Å². The molecule has 0 N–H and O–H groups in total. The molecule has 4 heteroatoms. The van der Waals surface area contributed by atoms with Crippen LogP contribution in [0.15, 0.2) is 42.5 Å². The number of fused-ring (bicyclic) bond motifs is 3. The molecule has 0 aliphatic carbocycles. The summed E-state index contributed by atoms with van der Waals surface area (Å²) >= 11 is 0. The zero-order valence-corrected chi connectivity index (χ0v) is 10.2. The van der Waals surface area contributed by atoms with Crippen LogP contribution in [0.25, 0.3) is 21.7 Å². The van der Waals surface area contributed by atoms with Gasteiger partial charge in [-0.05, 0) is 17.5 Å². The highest BCUT2D eigenvalue weighted by molar-refractivity contribution is 6.13. The van der Waals surface area contributed by atoms with Gasteiger partial charge in [0.25, 0.3) is 0 Å². The Labute approximate surface area is 108 Å². The van der Waals surface area contributed by atoms with Gasteiger partial charge in [0.1, 0.15) is 5.82 Å². The maximum atomic E-state index is 13.3. The Kier molecular flexibility index (Phi) is 2.63. The second kappa shape index (κ2) is 4.31. The molecule has 0 saturated carbocycles. The minimum Gasteiger partial charge on any atom is -0.464 e. The number of halogens is 1. The first-order chi connectivity index (χ1) is 9.20. The van der Waals surface area contributed by atoms with Crippen molar-refractivity contribution in [2.75, 3.05) is 7.11 Å². The summed E-state index contributed by atoms with van der Waals surface area (Å²) in [5, 5.41) is 2.37. The third kappa shape index (κ3) is 1.81. The summed E-state index contributed by atoms with van der Waals surface area (Å²) in [5.74, 6) is -0.909. The van der Waals surface area contributed by atoms with Crippen molar-refractivity contribution in [1.82, 2.24) is 4.98 Å². The Bertz CT molecular complexity index is 799. The average Bonchev–Trinajstić information content (AvgIpc) is 2.45. The number of methoxy groups -OCH3 is 1. The molecule has 1 aromatic heterocycles. The lowest BCUT2D eigenvalue weighted by Gasteiger charge is -2.08. The number of carbonyl (C=O) groups excluding carboxylic acids is 1. The van der Waals surface area contributed by atoms with E-state index >= 15 is 0 Å². The number of hydrogen-bond donors (Lipinski definition) is 0. The molecule has 0 saturated heterocycles.